The predicted octanol–water partition coefficient (Wildman–Crippen LogP) is 3.51. The maximum atomic E-state index is 14.1. The first kappa shape index (κ1) is 27.0. The Morgan fingerprint density at radius 3 is 2.51 bits per heavy atom. The predicted molar refractivity (Wildman–Crippen MR) is 149 cm³/mol. The third kappa shape index (κ3) is 5.57. The zero-order valence-corrected chi connectivity index (χ0v) is 22.4. The lowest BCUT2D eigenvalue weighted by Gasteiger charge is -2.39. The molecule has 2 aliphatic heterocycles. The van der Waals surface area contributed by atoms with E-state index in [1.807, 2.05) is 35.2 Å². The molecule has 10 nitrogen and oxygen atoms in total. The van der Waals surface area contributed by atoms with Crippen molar-refractivity contribution in [3.63, 3.8) is 0 Å². The van der Waals surface area contributed by atoms with Gasteiger partial charge in [0.15, 0.2) is 5.82 Å². The molecule has 2 aromatic heterocycles. The third-order valence-electron chi connectivity index (χ3n) is 7.58. The Kier molecular flexibility index (Phi) is 7.50. The number of nitrogens with one attached hydrogen (secondary N) is 1. The van der Waals surface area contributed by atoms with E-state index in [2.05, 4.69) is 20.3 Å². The second-order valence-electron chi connectivity index (χ2n) is 10.3. The van der Waals surface area contributed by atoms with Crippen molar-refractivity contribution in [2.45, 2.75) is 24.9 Å². The highest BCUT2D eigenvalue weighted by molar-refractivity contribution is 5.81. The number of ether oxygens (including phenoxy) is 1. The number of aliphatic hydroxyl groups is 1. The molecule has 0 spiro atoms. The number of piperidine rings is 1. The fourth-order valence-corrected chi connectivity index (χ4v) is 5.50. The minimum absolute atomic E-state index is 0.122. The summed E-state index contributed by atoms with van der Waals surface area (Å²) >= 11 is 0. The fourth-order valence-electron chi connectivity index (χ4n) is 5.50. The van der Waals surface area contributed by atoms with Gasteiger partial charge in [-0.3, -0.25) is 9.36 Å². The quantitative estimate of drug-likeness (QED) is 0.352. The Morgan fingerprint density at radius 2 is 1.73 bits per heavy atom. The van der Waals surface area contributed by atoms with Crippen LogP contribution in [0.2, 0.25) is 0 Å². The molecule has 0 aliphatic carbocycles. The lowest BCUT2D eigenvalue weighted by Crippen LogP contribution is -2.50. The van der Waals surface area contributed by atoms with E-state index in [1.54, 1.807) is 35.2 Å². The number of fused-ring (bicyclic) bond motifs is 1. The van der Waals surface area contributed by atoms with Gasteiger partial charge in [0, 0.05) is 25.7 Å². The molecule has 1 atom stereocenters. The summed E-state index contributed by atoms with van der Waals surface area (Å²) in [7, 11) is 0. The van der Waals surface area contributed by atoms with E-state index >= 15 is 0 Å². The molecule has 12 heteroatoms. The van der Waals surface area contributed by atoms with Gasteiger partial charge >= 0.3 is 0 Å². The summed E-state index contributed by atoms with van der Waals surface area (Å²) in [4.78, 5) is 30.2. The van der Waals surface area contributed by atoms with Crippen molar-refractivity contribution in [1.82, 2.24) is 24.4 Å². The zero-order valence-electron chi connectivity index (χ0n) is 22.4. The summed E-state index contributed by atoms with van der Waals surface area (Å²) in [5.41, 5.74) is 0.572. The minimum Gasteiger partial charge on any atom is -0.383 e. The Morgan fingerprint density at radius 1 is 1.00 bits per heavy atom. The highest BCUT2D eigenvalue weighted by atomic mass is 19.3. The molecule has 2 aliphatic rings. The van der Waals surface area contributed by atoms with Gasteiger partial charge in [0.1, 0.15) is 17.2 Å². The number of carbonyl (C=O) groups is 1. The molecule has 4 aromatic rings. The third-order valence-corrected chi connectivity index (χ3v) is 7.58. The summed E-state index contributed by atoms with van der Waals surface area (Å²) in [5.74, 6) is 0.237. The highest BCUT2D eigenvalue weighted by Gasteiger charge is 2.36. The van der Waals surface area contributed by atoms with E-state index in [-0.39, 0.29) is 30.8 Å². The molecular weight excluding hydrogens is 532 g/mol. The number of alkyl halides is 2. The van der Waals surface area contributed by atoms with Gasteiger partial charge in [-0.2, -0.15) is 9.97 Å². The second kappa shape index (κ2) is 11.4. The van der Waals surface area contributed by atoms with Gasteiger partial charge in [0.25, 0.3) is 6.43 Å². The maximum Gasteiger partial charge on any atom is 0.296 e. The number of amides is 1. The monoisotopic (exact) mass is 563 g/mol. The van der Waals surface area contributed by atoms with Crippen molar-refractivity contribution in [3.05, 3.63) is 72.1 Å². The molecule has 0 bridgehead atoms. The zero-order chi connectivity index (χ0) is 28.4. The average Bonchev–Trinajstić information content (AvgIpc) is 3.41. The SMILES string of the molecule is O=C(CNc1nc(N2CCOCC2)cc(-n2c(C(F)F)nc3ccccc32)n1)N1CCCC(O)(c2ccccc2)C1. The van der Waals surface area contributed by atoms with Crippen LogP contribution >= 0.6 is 0 Å². The molecule has 41 heavy (non-hydrogen) atoms. The smallest absolute Gasteiger partial charge is 0.296 e. The van der Waals surface area contributed by atoms with Gasteiger partial charge in [-0.25, -0.2) is 13.8 Å². The van der Waals surface area contributed by atoms with Gasteiger partial charge in [-0.05, 0) is 30.5 Å². The van der Waals surface area contributed by atoms with Crippen molar-refractivity contribution >= 4 is 28.7 Å². The summed E-state index contributed by atoms with van der Waals surface area (Å²) < 4.78 is 35.0. The first-order valence-corrected chi connectivity index (χ1v) is 13.7. The Labute approximate surface area is 235 Å². The van der Waals surface area contributed by atoms with Gasteiger partial charge in [-0.15, -0.1) is 0 Å². The van der Waals surface area contributed by atoms with Crippen LogP contribution in [0.1, 0.15) is 30.7 Å². The molecule has 2 aromatic carbocycles. The van der Waals surface area contributed by atoms with Gasteiger partial charge in [0.2, 0.25) is 11.9 Å². The fraction of sp³-hybridized carbons (Fsp3) is 0.379. The number of carbonyl (C=O) groups excluding carboxylic acids is 1. The number of halogens is 2. The first-order valence-electron chi connectivity index (χ1n) is 13.7. The van der Waals surface area contributed by atoms with Crippen LogP contribution < -0.4 is 10.2 Å². The molecule has 214 valence electrons. The number of rotatable bonds is 7. The van der Waals surface area contributed by atoms with E-state index in [0.29, 0.717) is 62.5 Å². The molecular formula is C29H31F2N7O3. The van der Waals surface area contributed by atoms with Crippen LogP contribution in [0.25, 0.3) is 16.9 Å². The number of benzene rings is 2. The number of hydrogen-bond donors (Lipinski definition) is 2. The number of hydrogen-bond acceptors (Lipinski definition) is 8. The summed E-state index contributed by atoms with van der Waals surface area (Å²) in [6.45, 7) is 2.75. The number of imidazole rings is 1. The number of aromatic nitrogens is 4. The number of para-hydroxylation sites is 2. The molecule has 1 unspecified atom stereocenters. The van der Waals surface area contributed by atoms with Gasteiger partial charge < -0.3 is 25.0 Å². The molecule has 2 N–H and O–H groups in total. The van der Waals surface area contributed by atoms with Crippen molar-refractivity contribution in [1.29, 1.82) is 0 Å². The van der Waals surface area contributed by atoms with E-state index in [0.717, 1.165) is 5.56 Å². The number of anilines is 2. The molecule has 0 radical (unpaired) electrons. The Bertz CT molecular complexity index is 1530. The number of morpholine rings is 1. The summed E-state index contributed by atoms with van der Waals surface area (Å²) in [6.07, 6.45) is -1.60. The molecule has 0 saturated carbocycles. The summed E-state index contributed by atoms with van der Waals surface area (Å²) in [6, 6.07) is 17.9. The van der Waals surface area contributed by atoms with Crippen molar-refractivity contribution in [2.75, 3.05) is 56.2 Å². The van der Waals surface area contributed by atoms with E-state index < -0.39 is 17.9 Å². The van der Waals surface area contributed by atoms with Crippen molar-refractivity contribution < 1.29 is 23.4 Å². The number of likely N-dealkylation sites (tertiary alicyclic amines) is 1. The topological polar surface area (TPSA) is 109 Å². The van der Waals surface area contributed by atoms with Crippen LogP contribution in [0.4, 0.5) is 20.5 Å². The van der Waals surface area contributed by atoms with Gasteiger partial charge in [0.05, 0.1) is 37.3 Å². The lowest BCUT2D eigenvalue weighted by atomic mass is 9.86. The Hall–Kier alpha value is -4.16. The molecule has 1 amide bonds. The molecule has 2 saturated heterocycles. The Balaban J connectivity index is 1.28. The molecule has 2 fully saturated rings. The van der Waals surface area contributed by atoms with Crippen molar-refractivity contribution in [3.8, 4) is 5.82 Å². The average molecular weight is 564 g/mol. The van der Waals surface area contributed by atoms with Crippen LogP contribution in [-0.2, 0) is 15.1 Å². The van der Waals surface area contributed by atoms with Crippen LogP contribution in [-0.4, -0.2) is 81.4 Å². The van der Waals surface area contributed by atoms with Crippen LogP contribution in [0.3, 0.4) is 0 Å². The van der Waals surface area contributed by atoms with Crippen LogP contribution in [0.15, 0.2) is 60.7 Å². The minimum atomic E-state index is -2.83. The largest absolute Gasteiger partial charge is 0.383 e. The second-order valence-corrected chi connectivity index (χ2v) is 10.3. The number of nitrogens with zero attached hydrogens (tertiary/aromatic N) is 6. The number of β-amino-alcohol motifs (C(OH)–C–C–N with tert-alkyl or cyclic N) is 1. The molecule has 6 rings (SSSR count). The summed E-state index contributed by atoms with van der Waals surface area (Å²) in [5, 5.41) is 14.3. The van der Waals surface area contributed by atoms with E-state index in [4.69, 9.17) is 4.74 Å². The van der Waals surface area contributed by atoms with E-state index in [9.17, 15) is 18.7 Å². The normalized spacial score (nSPS) is 19.6. The molecule has 4 heterocycles. The van der Waals surface area contributed by atoms with Gasteiger partial charge in [-0.1, -0.05) is 42.5 Å². The standard InChI is InChI=1S/C29H31F2N7O3/c30-26(31)27-33-21-9-4-5-10-22(21)38(27)24-17-23(36-13-15-41-16-14-36)34-28(35-24)32-18-25(39)37-12-6-11-29(40,19-37)20-7-2-1-3-8-20/h1-5,7-10,17,26,40H,6,11-16,18-19H2,(H,32,34,35). The van der Waals surface area contributed by atoms with Crippen LogP contribution in [0, 0.1) is 0 Å². The highest BCUT2D eigenvalue weighted by Crippen LogP contribution is 2.32. The maximum absolute atomic E-state index is 14.1. The van der Waals surface area contributed by atoms with Crippen molar-refractivity contribution in [2.24, 2.45) is 0 Å². The first-order chi connectivity index (χ1) is 19.9. The van der Waals surface area contributed by atoms with Crippen LogP contribution in [0.5, 0.6) is 0 Å². The van der Waals surface area contributed by atoms with E-state index in [1.165, 1.54) is 4.57 Å². The lowest BCUT2D eigenvalue weighted by molar-refractivity contribution is -0.137.